The fourth-order valence-electron chi connectivity index (χ4n) is 3.71. The standard InChI is InChI=1S/C22H13Cl2NO7/c23-15-4-2-1-3-11(15)10-5-6-22(24,21(31)32)17(7-10)25-18(27)12-8-14(20(29)30)16(26)9-13(12)19(25)28/h1-9,17,26H,(H,29,30)(H,31,32). The van der Waals surface area contributed by atoms with Gasteiger partial charge in [-0.05, 0) is 29.8 Å². The average Bonchev–Trinajstić information content (AvgIpc) is 2.97. The molecule has 0 radical (unpaired) electrons. The summed E-state index contributed by atoms with van der Waals surface area (Å²) in [6.07, 6.45) is 3.94. The highest BCUT2D eigenvalue weighted by atomic mass is 35.5. The van der Waals surface area contributed by atoms with Crippen LogP contribution in [0.15, 0.2) is 54.6 Å². The van der Waals surface area contributed by atoms with Crippen molar-refractivity contribution in [1.82, 2.24) is 4.90 Å². The quantitative estimate of drug-likeness (QED) is 0.457. The number of carboxylic acids is 2. The number of phenols is 1. The molecule has 8 nitrogen and oxygen atoms in total. The molecule has 10 heteroatoms. The van der Waals surface area contributed by atoms with E-state index in [0.717, 1.165) is 18.2 Å². The van der Waals surface area contributed by atoms with Crippen LogP contribution in [0.25, 0.3) is 5.57 Å². The first-order valence-electron chi connectivity index (χ1n) is 9.12. The highest BCUT2D eigenvalue weighted by molar-refractivity contribution is 6.37. The van der Waals surface area contributed by atoms with E-state index in [9.17, 15) is 34.5 Å². The lowest BCUT2D eigenvalue weighted by molar-refractivity contribution is -0.139. The first-order valence-corrected chi connectivity index (χ1v) is 9.88. The highest BCUT2D eigenvalue weighted by Crippen LogP contribution is 2.40. The van der Waals surface area contributed by atoms with Crippen LogP contribution in [0.2, 0.25) is 5.02 Å². The van der Waals surface area contributed by atoms with Crippen LogP contribution < -0.4 is 0 Å². The molecule has 32 heavy (non-hydrogen) atoms. The fraction of sp³-hybridized carbons (Fsp3) is 0.0909. The SMILES string of the molecule is O=C(O)c1cc2c(cc1O)C(=O)N(C1C=C(c3ccccc3Cl)C=CC1(Cl)C(=O)O)C2=O. The summed E-state index contributed by atoms with van der Waals surface area (Å²) >= 11 is 12.6. The van der Waals surface area contributed by atoms with Crippen LogP contribution in [0.3, 0.4) is 0 Å². The molecule has 2 atom stereocenters. The predicted octanol–water partition coefficient (Wildman–Crippen LogP) is 3.42. The van der Waals surface area contributed by atoms with Crippen LogP contribution in [-0.2, 0) is 4.79 Å². The summed E-state index contributed by atoms with van der Waals surface area (Å²) in [5, 5.41) is 29.3. The molecule has 3 N–H and O–H groups in total. The minimum atomic E-state index is -2.18. The number of allylic oxidation sites excluding steroid dienone is 2. The maximum Gasteiger partial charge on any atom is 0.339 e. The first-order chi connectivity index (χ1) is 15.1. The Morgan fingerprint density at radius 2 is 1.62 bits per heavy atom. The predicted molar refractivity (Wildman–Crippen MR) is 114 cm³/mol. The van der Waals surface area contributed by atoms with Crippen molar-refractivity contribution in [2.45, 2.75) is 10.9 Å². The van der Waals surface area contributed by atoms with E-state index in [1.165, 1.54) is 12.2 Å². The fourth-order valence-corrected chi connectivity index (χ4v) is 4.18. The number of rotatable bonds is 4. The van der Waals surface area contributed by atoms with Crippen molar-refractivity contribution >= 4 is 52.5 Å². The van der Waals surface area contributed by atoms with E-state index in [4.69, 9.17) is 23.2 Å². The Kier molecular flexibility index (Phi) is 5.07. The third-order valence-electron chi connectivity index (χ3n) is 5.33. The van der Waals surface area contributed by atoms with E-state index < -0.39 is 46.0 Å². The van der Waals surface area contributed by atoms with E-state index in [1.54, 1.807) is 24.3 Å². The molecule has 1 aliphatic carbocycles. The van der Waals surface area contributed by atoms with Crippen molar-refractivity contribution in [3.63, 3.8) is 0 Å². The lowest BCUT2D eigenvalue weighted by atomic mass is 9.87. The van der Waals surface area contributed by atoms with Gasteiger partial charge in [0.2, 0.25) is 0 Å². The Morgan fingerprint density at radius 3 is 2.22 bits per heavy atom. The van der Waals surface area contributed by atoms with Gasteiger partial charge in [0.05, 0.1) is 17.2 Å². The van der Waals surface area contributed by atoms with Crippen LogP contribution in [-0.4, -0.2) is 54.9 Å². The maximum absolute atomic E-state index is 13.1. The number of carbonyl (C=O) groups is 4. The molecule has 2 amide bonds. The lowest BCUT2D eigenvalue weighted by Gasteiger charge is -2.35. The molecule has 0 saturated carbocycles. The molecule has 0 fully saturated rings. The van der Waals surface area contributed by atoms with Crippen LogP contribution >= 0.6 is 23.2 Å². The minimum Gasteiger partial charge on any atom is -0.507 e. The van der Waals surface area contributed by atoms with Crippen LogP contribution in [0.5, 0.6) is 5.75 Å². The van der Waals surface area contributed by atoms with Crippen molar-refractivity contribution in [3.05, 3.63) is 81.9 Å². The molecule has 162 valence electrons. The number of halogens is 2. The summed E-state index contributed by atoms with van der Waals surface area (Å²) in [4.78, 5) is 48.0. The van der Waals surface area contributed by atoms with E-state index >= 15 is 0 Å². The van der Waals surface area contributed by atoms with E-state index in [1.807, 2.05) is 0 Å². The summed E-state index contributed by atoms with van der Waals surface area (Å²) in [7, 11) is 0. The second-order valence-corrected chi connectivity index (χ2v) is 8.19. The number of aliphatic carboxylic acids is 1. The van der Waals surface area contributed by atoms with Crippen molar-refractivity contribution in [3.8, 4) is 5.75 Å². The summed E-state index contributed by atoms with van der Waals surface area (Å²) < 4.78 is 0. The number of hydrogen-bond acceptors (Lipinski definition) is 5. The van der Waals surface area contributed by atoms with E-state index in [2.05, 4.69) is 0 Å². The zero-order chi connectivity index (χ0) is 23.4. The second-order valence-electron chi connectivity index (χ2n) is 7.15. The number of carbonyl (C=O) groups excluding carboxylic acids is 2. The van der Waals surface area contributed by atoms with E-state index in [0.29, 0.717) is 21.1 Å². The molecular weight excluding hydrogens is 461 g/mol. The van der Waals surface area contributed by atoms with Gasteiger partial charge in [0.15, 0.2) is 4.87 Å². The van der Waals surface area contributed by atoms with Crippen molar-refractivity contribution in [2.75, 3.05) is 0 Å². The number of hydrogen-bond donors (Lipinski definition) is 3. The third-order valence-corrected chi connectivity index (χ3v) is 6.17. The number of aromatic carboxylic acids is 1. The van der Waals surface area contributed by atoms with Crippen LogP contribution in [0, 0.1) is 0 Å². The molecule has 2 unspecified atom stereocenters. The lowest BCUT2D eigenvalue weighted by Crippen LogP contribution is -2.54. The molecule has 2 aromatic rings. The normalized spacial score (nSPS) is 22.0. The number of amides is 2. The smallest absolute Gasteiger partial charge is 0.339 e. The molecule has 0 spiro atoms. The summed E-state index contributed by atoms with van der Waals surface area (Å²) in [6, 6.07) is 6.99. The van der Waals surface area contributed by atoms with Crippen molar-refractivity contribution < 1.29 is 34.5 Å². The molecule has 0 bridgehead atoms. The topological polar surface area (TPSA) is 132 Å². The number of carboxylic acid groups (broad SMARTS) is 2. The summed E-state index contributed by atoms with van der Waals surface area (Å²) in [5.41, 5.74) is -0.148. The van der Waals surface area contributed by atoms with Gasteiger partial charge in [-0.25, -0.2) is 9.59 Å². The Balaban J connectivity index is 1.86. The maximum atomic E-state index is 13.1. The van der Waals surface area contributed by atoms with Gasteiger partial charge in [-0.3, -0.25) is 14.5 Å². The van der Waals surface area contributed by atoms with Gasteiger partial charge >= 0.3 is 11.9 Å². The van der Waals surface area contributed by atoms with Gasteiger partial charge in [0.25, 0.3) is 11.8 Å². The highest BCUT2D eigenvalue weighted by Gasteiger charge is 2.52. The monoisotopic (exact) mass is 473 g/mol. The number of benzene rings is 2. The second kappa shape index (κ2) is 7.51. The zero-order valence-corrected chi connectivity index (χ0v) is 17.5. The number of nitrogens with zero attached hydrogens (tertiary/aromatic N) is 1. The zero-order valence-electron chi connectivity index (χ0n) is 16.0. The molecule has 1 aliphatic heterocycles. The number of imide groups is 1. The number of fused-ring (bicyclic) bond motifs is 1. The molecule has 2 aliphatic rings. The number of alkyl halides is 1. The van der Waals surface area contributed by atoms with Gasteiger partial charge in [-0.1, -0.05) is 53.6 Å². The van der Waals surface area contributed by atoms with Crippen LogP contribution in [0.4, 0.5) is 0 Å². The van der Waals surface area contributed by atoms with Crippen LogP contribution in [0.1, 0.15) is 36.6 Å². The average molecular weight is 474 g/mol. The molecule has 2 aromatic carbocycles. The van der Waals surface area contributed by atoms with Gasteiger partial charge in [-0.15, -0.1) is 0 Å². The molecule has 0 aromatic heterocycles. The van der Waals surface area contributed by atoms with Gasteiger partial charge in [-0.2, -0.15) is 0 Å². The molecule has 0 saturated heterocycles. The molecule has 4 rings (SSSR count). The van der Waals surface area contributed by atoms with Crippen molar-refractivity contribution in [2.24, 2.45) is 0 Å². The Labute approximate surface area is 190 Å². The minimum absolute atomic E-state index is 0.260. The molecule has 1 heterocycles. The molecular formula is C22H13Cl2NO7. The van der Waals surface area contributed by atoms with Gasteiger partial charge in [0.1, 0.15) is 11.3 Å². The Morgan fingerprint density at radius 1 is 1.00 bits per heavy atom. The summed E-state index contributed by atoms with van der Waals surface area (Å²) in [6.45, 7) is 0. The Hall–Kier alpha value is -3.62. The summed E-state index contributed by atoms with van der Waals surface area (Å²) in [5.74, 6) is -5.55. The van der Waals surface area contributed by atoms with Gasteiger partial charge < -0.3 is 15.3 Å². The third kappa shape index (κ3) is 3.16. The Bertz CT molecular complexity index is 1280. The van der Waals surface area contributed by atoms with E-state index in [-0.39, 0.29) is 11.1 Å². The van der Waals surface area contributed by atoms with Gasteiger partial charge in [0, 0.05) is 10.6 Å². The van der Waals surface area contributed by atoms with Crippen molar-refractivity contribution in [1.29, 1.82) is 0 Å². The number of aromatic hydroxyl groups is 1. The first kappa shape index (κ1) is 21.6. The largest absolute Gasteiger partial charge is 0.507 e.